The summed E-state index contributed by atoms with van der Waals surface area (Å²) in [7, 11) is 0. The Labute approximate surface area is 331 Å². The van der Waals surface area contributed by atoms with Gasteiger partial charge in [0.2, 0.25) is 0 Å². The third-order valence-corrected chi connectivity index (χ3v) is 12.4. The fourth-order valence-electron chi connectivity index (χ4n) is 9.00. The lowest BCUT2D eigenvalue weighted by atomic mass is 9.61. The van der Waals surface area contributed by atoms with E-state index in [1.165, 1.54) is 18.3 Å². The molecule has 0 unspecified atom stereocenters. The molecule has 0 spiro atoms. The van der Waals surface area contributed by atoms with Gasteiger partial charge in [0.25, 0.3) is 0 Å². The van der Waals surface area contributed by atoms with E-state index in [0.29, 0.717) is 21.6 Å². The van der Waals surface area contributed by atoms with Gasteiger partial charge in [-0.25, -0.2) is 24.3 Å². The lowest BCUT2D eigenvalue weighted by Gasteiger charge is -2.47. The summed E-state index contributed by atoms with van der Waals surface area (Å²) in [5.74, 6) is -1.20. The van der Waals surface area contributed by atoms with Crippen LogP contribution >= 0.6 is 22.9 Å². The van der Waals surface area contributed by atoms with Gasteiger partial charge in [-0.3, -0.25) is 4.79 Å². The summed E-state index contributed by atoms with van der Waals surface area (Å²) < 4.78 is 39.1. The van der Waals surface area contributed by atoms with Crippen LogP contribution in [0.25, 0.3) is 33.1 Å². The largest absolute Gasteiger partial charge is 0.466 e. The third kappa shape index (κ3) is 6.13. The second kappa shape index (κ2) is 14.9. The van der Waals surface area contributed by atoms with Crippen LogP contribution in [0.15, 0.2) is 116 Å². The normalized spacial score (nSPS) is 19.3. The van der Waals surface area contributed by atoms with Crippen molar-refractivity contribution in [2.75, 3.05) is 11.9 Å². The van der Waals surface area contributed by atoms with Gasteiger partial charge in [0.05, 0.1) is 29.2 Å². The van der Waals surface area contributed by atoms with Crippen LogP contribution in [-0.4, -0.2) is 43.1 Å². The van der Waals surface area contributed by atoms with Crippen LogP contribution in [0, 0.1) is 28.7 Å². The van der Waals surface area contributed by atoms with Crippen molar-refractivity contribution < 1.29 is 18.3 Å². The summed E-state index contributed by atoms with van der Waals surface area (Å²) in [6, 6.07) is 32.8. The lowest BCUT2D eigenvalue weighted by molar-refractivity contribution is -0.154. The van der Waals surface area contributed by atoms with E-state index in [-0.39, 0.29) is 46.9 Å². The molecule has 56 heavy (non-hydrogen) atoms. The molecule has 4 heterocycles. The predicted molar refractivity (Wildman–Crippen MR) is 214 cm³/mol. The zero-order valence-corrected chi connectivity index (χ0v) is 32.0. The highest BCUT2D eigenvalue weighted by Gasteiger charge is 2.48. The highest BCUT2D eigenvalue weighted by Crippen LogP contribution is 2.48. The Bertz CT molecular complexity index is 2430. The summed E-state index contributed by atoms with van der Waals surface area (Å²) in [6.07, 6.45) is 7.03. The first-order chi connectivity index (χ1) is 27.4. The van der Waals surface area contributed by atoms with Gasteiger partial charge in [0, 0.05) is 12.2 Å². The maximum Gasteiger partial charge on any atom is 0.311 e. The number of fused-ring (bicyclic) bond motifs is 4. The molecule has 0 amide bonds. The van der Waals surface area contributed by atoms with Crippen LogP contribution in [0.3, 0.4) is 0 Å². The first kappa shape index (κ1) is 36.1. The number of thiophene rings is 1. The quantitative estimate of drug-likeness (QED) is 0.109. The van der Waals surface area contributed by atoms with E-state index < -0.39 is 28.4 Å². The van der Waals surface area contributed by atoms with Crippen LogP contribution in [-0.2, 0) is 15.1 Å². The van der Waals surface area contributed by atoms with Crippen LogP contribution in [0.2, 0.25) is 5.15 Å². The van der Waals surface area contributed by atoms with E-state index in [2.05, 4.69) is 46.3 Å². The smallest absolute Gasteiger partial charge is 0.311 e. The van der Waals surface area contributed by atoms with Crippen molar-refractivity contribution >= 4 is 45.9 Å². The minimum absolute atomic E-state index is 0.0728. The Morgan fingerprint density at radius 3 is 2.04 bits per heavy atom. The summed E-state index contributed by atoms with van der Waals surface area (Å²) in [5, 5.41) is 3.06. The molecule has 7 aromatic rings. The van der Waals surface area contributed by atoms with Gasteiger partial charge >= 0.3 is 5.97 Å². The Balaban J connectivity index is 1.30. The second-order valence-corrected chi connectivity index (χ2v) is 15.8. The van der Waals surface area contributed by atoms with E-state index in [1.807, 2.05) is 60.8 Å². The first-order valence-electron chi connectivity index (χ1n) is 18.8. The molecule has 3 saturated carbocycles. The van der Waals surface area contributed by atoms with E-state index in [1.54, 1.807) is 6.92 Å². The Hall–Kier alpha value is -5.52. The summed E-state index contributed by atoms with van der Waals surface area (Å²) >= 11 is 7.39. The molecule has 10 rings (SSSR count). The van der Waals surface area contributed by atoms with Crippen molar-refractivity contribution in [3.05, 3.63) is 148 Å². The Morgan fingerprint density at radius 1 is 0.857 bits per heavy atom. The summed E-state index contributed by atoms with van der Waals surface area (Å²) in [6.45, 7) is 2.04. The molecule has 2 bridgehead atoms. The number of aromatic nitrogens is 5. The standard InChI is InChI=1S/C44H37ClF2N6O2S/c1-2-55-43(54)35-26-18-20-27(21-19-26)37(35)50-41-36(47)39(32-22-23-34(46)56-32)51-40(52-41)31-25-53(42-38(31)49-33(45)24-48-42)44(28-12-6-3-7-13-28,29-14-8-4-9-15-29)30-16-10-5-11-17-30/h3-17,22-27,35,37H,2,18-21H2,1H3,(H,50,51,52)/t26?,27?,35-,37-/m0/s1. The van der Waals surface area contributed by atoms with Crippen molar-refractivity contribution in [2.45, 2.75) is 44.2 Å². The van der Waals surface area contributed by atoms with Crippen molar-refractivity contribution in [1.82, 2.24) is 24.5 Å². The number of carbonyl (C=O) groups excluding carboxylic acids is 1. The zero-order valence-electron chi connectivity index (χ0n) is 30.4. The SMILES string of the molecule is CCOC(=O)[C@H]1C2CCC(CC2)[C@@H]1Nc1nc(-c2cn(C(c3ccccc3)(c3ccccc3)c3ccccc3)c3ncc(Cl)nc23)nc(-c2ccc(F)s2)c1F. The van der Waals surface area contributed by atoms with Crippen LogP contribution in [0.4, 0.5) is 14.6 Å². The van der Waals surface area contributed by atoms with Crippen molar-refractivity contribution in [3.63, 3.8) is 0 Å². The fourth-order valence-corrected chi connectivity index (χ4v) is 9.85. The number of hydrogen-bond donors (Lipinski definition) is 1. The molecule has 4 aromatic heterocycles. The van der Waals surface area contributed by atoms with Gasteiger partial charge in [-0.15, -0.1) is 11.3 Å². The molecule has 2 atom stereocenters. The number of esters is 1. The maximum absolute atomic E-state index is 16.9. The predicted octanol–water partition coefficient (Wildman–Crippen LogP) is 10.2. The van der Waals surface area contributed by atoms with Crippen molar-refractivity contribution in [2.24, 2.45) is 17.8 Å². The Kier molecular flexibility index (Phi) is 9.59. The molecule has 1 N–H and O–H groups in total. The van der Waals surface area contributed by atoms with Gasteiger partial charge in [-0.1, -0.05) is 103 Å². The van der Waals surface area contributed by atoms with E-state index in [9.17, 15) is 9.18 Å². The van der Waals surface area contributed by atoms with Crippen molar-refractivity contribution in [1.29, 1.82) is 0 Å². The number of anilines is 1. The minimum atomic E-state index is -0.988. The third-order valence-electron chi connectivity index (χ3n) is 11.4. The highest BCUT2D eigenvalue weighted by atomic mass is 35.5. The van der Waals surface area contributed by atoms with E-state index in [4.69, 9.17) is 36.3 Å². The topological polar surface area (TPSA) is 94.8 Å². The number of halogens is 3. The number of rotatable bonds is 10. The number of hydrogen-bond acceptors (Lipinski definition) is 8. The highest BCUT2D eigenvalue weighted by molar-refractivity contribution is 7.13. The Morgan fingerprint density at radius 2 is 1.46 bits per heavy atom. The average Bonchev–Trinajstić information content (AvgIpc) is 3.84. The van der Waals surface area contributed by atoms with Crippen LogP contribution in [0.1, 0.15) is 49.3 Å². The fraction of sp³-hybridized carbons (Fsp3) is 0.250. The number of nitrogens with zero attached hydrogens (tertiary/aromatic N) is 5. The molecule has 12 heteroatoms. The van der Waals surface area contributed by atoms with Crippen LogP contribution < -0.4 is 5.32 Å². The molecule has 0 radical (unpaired) electrons. The van der Waals surface area contributed by atoms with Gasteiger partial charge in [-0.2, -0.15) is 4.39 Å². The monoisotopic (exact) mass is 786 g/mol. The van der Waals surface area contributed by atoms with Gasteiger partial charge in [0.15, 0.2) is 28.2 Å². The molecule has 0 saturated heterocycles. The van der Waals surface area contributed by atoms with Gasteiger partial charge < -0.3 is 14.6 Å². The van der Waals surface area contributed by atoms with E-state index >= 15 is 4.39 Å². The van der Waals surface area contributed by atoms with Gasteiger partial charge in [0.1, 0.15) is 21.9 Å². The van der Waals surface area contributed by atoms with Crippen LogP contribution in [0.5, 0.6) is 0 Å². The molecular weight excluding hydrogens is 750 g/mol. The average molecular weight is 787 g/mol. The lowest BCUT2D eigenvalue weighted by Crippen LogP contribution is -2.52. The second-order valence-electron chi connectivity index (χ2n) is 14.4. The van der Waals surface area contributed by atoms with Gasteiger partial charge in [-0.05, 0) is 73.3 Å². The molecule has 0 aliphatic heterocycles. The first-order valence-corrected chi connectivity index (χ1v) is 20.0. The molecule has 8 nitrogen and oxygen atoms in total. The molecule has 3 aromatic carbocycles. The summed E-state index contributed by atoms with van der Waals surface area (Å²) in [4.78, 5) is 33.1. The maximum atomic E-state index is 16.9. The number of nitrogens with one attached hydrogen (secondary N) is 1. The molecular formula is C44H37ClF2N6O2S. The molecule has 282 valence electrons. The number of benzene rings is 3. The molecule has 3 aliphatic rings. The zero-order chi connectivity index (χ0) is 38.4. The van der Waals surface area contributed by atoms with Crippen molar-refractivity contribution in [3.8, 4) is 22.0 Å². The number of ether oxygens (including phenoxy) is 1. The van der Waals surface area contributed by atoms with E-state index in [0.717, 1.165) is 53.7 Å². The molecule has 3 aliphatic carbocycles. The number of carbonyl (C=O) groups is 1. The molecule has 3 fully saturated rings. The minimum Gasteiger partial charge on any atom is -0.466 e. The summed E-state index contributed by atoms with van der Waals surface area (Å²) in [5.41, 5.74) is 3.11.